The van der Waals surface area contributed by atoms with Gasteiger partial charge in [0.05, 0.1) is 26.4 Å². The smallest absolute Gasteiger partial charge is 0.462 e. The van der Waals surface area contributed by atoms with Crippen LogP contribution in [0.25, 0.3) is 0 Å². The molecule has 0 heterocycles. The maximum Gasteiger partial charge on any atom is 0.472 e. The third-order valence-corrected chi connectivity index (χ3v) is 18.4. The standard InChI is InChI=1S/C81H142O17P2/c1-5-9-13-17-21-25-29-33-35-36-37-38-40-43-46-50-54-58-62-66-79(84)92-72-77(98-81(86)68-64-60-56-52-48-44-39-34-30-26-22-18-14-10-6-2)74-96-100(89,90)94-70-75(82)69-93-99(87,88)95-73-76(97-80(85)67-63-59-55-51-47-42-32-28-24-20-16-12-8-4)71-91-78(83)65-61-57-53-49-45-41-31-27-23-19-15-11-7-3/h10,14,21-22,25-28,31-35,37-39,75-77,82H,5-9,11-13,15-20,23-24,29-30,36,40-74H2,1-4H3,(H,87,88)(H,89,90)/b14-10-,25-21-,26-22-,31-27-,32-28-,35-33-,38-37-,39-34-. The second-order valence-electron chi connectivity index (χ2n) is 26.3. The second-order valence-corrected chi connectivity index (χ2v) is 29.2. The van der Waals surface area contributed by atoms with Crippen LogP contribution < -0.4 is 0 Å². The lowest BCUT2D eigenvalue weighted by Crippen LogP contribution is -2.30. The number of hydrogen-bond acceptors (Lipinski definition) is 15. The Bertz CT molecular complexity index is 2270. The van der Waals surface area contributed by atoms with Crippen LogP contribution in [0.5, 0.6) is 0 Å². The van der Waals surface area contributed by atoms with E-state index in [9.17, 15) is 43.2 Å². The van der Waals surface area contributed by atoms with Crippen LogP contribution in [0.2, 0.25) is 0 Å². The van der Waals surface area contributed by atoms with Gasteiger partial charge in [-0.05, 0) is 148 Å². The minimum absolute atomic E-state index is 0.0720. The first-order valence-corrected chi connectivity index (χ1v) is 42.5. The molecule has 0 amide bonds. The Morgan fingerprint density at radius 3 is 0.830 bits per heavy atom. The highest BCUT2D eigenvalue weighted by atomic mass is 31.2. The van der Waals surface area contributed by atoms with Crippen molar-refractivity contribution in [3.05, 3.63) is 97.2 Å². The molecule has 19 heteroatoms. The summed E-state index contributed by atoms with van der Waals surface area (Å²) in [6.07, 6.45) is 76.7. The number of phosphoric acid groups is 2. The molecular formula is C81H142O17P2. The zero-order valence-electron chi connectivity index (χ0n) is 63.1. The predicted molar refractivity (Wildman–Crippen MR) is 409 cm³/mol. The van der Waals surface area contributed by atoms with Gasteiger partial charge in [-0.15, -0.1) is 0 Å². The van der Waals surface area contributed by atoms with Crippen LogP contribution in [0.15, 0.2) is 97.2 Å². The van der Waals surface area contributed by atoms with Crippen LogP contribution >= 0.6 is 15.6 Å². The van der Waals surface area contributed by atoms with Gasteiger partial charge in [0.15, 0.2) is 12.2 Å². The summed E-state index contributed by atoms with van der Waals surface area (Å²) in [5.74, 6) is -2.21. The van der Waals surface area contributed by atoms with E-state index in [0.29, 0.717) is 25.7 Å². The van der Waals surface area contributed by atoms with E-state index >= 15 is 0 Å². The highest BCUT2D eigenvalue weighted by molar-refractivity contribution is 7.47. The van der Waals surface area contributed by atoms with Crippen LogP contribution in [0, 0.1) is 0 Å². The van der Waals surface area contributed by atoms with E-state index in [0.717, 1.165) is 186 Å². The fourth-order valence-electron chi connectivity index (χ4n) is 10.5. The van der Waals surface area contributed by atoms with Crippen LogP contribution in [-0.2, 0) is 65.4 Å². The molecule has 0 aromatic rings. The number of esters is 4. The highest BCUT2D eigenvalue weighted by Crippen LogP contribution is 2.45. The number of rotatable bonds is 74. The van der Waals surface area contributed by atoms with Crippen LogP contribution in [0.1, 0.15) is 336 Å². The van der Waals surface area contributed by atoms with E-state index in [1.165, 1.54) is 70.6 Å². The van der Waals surface area contributed by atoms with Gasteiger partial charge in [0, 0.05) is 25.7 Å². The lowest BCUT2D eigenvalue weighted by molar-refractivity contribution is -0.161. The van der Waals surface area contributed by atoms with Gasteiger partial charge in [-0.25, -0.2) is 9.13 Å². The quantitative estimate of drug-likeness (QED) is 0.0169. The Balaban J connectivity index is 5.36. The molecule has 0 spiro atoms. The molecule has 0 aliphatic rings. The molecule has 0 fully saturated rings. The Morgan fingerprint density at radius 1 is 0.290 bits per heavy atom. The van der Waals surface area contributed by atoms with Crippen molar-refractivity contribution in [2.24, 2.45) is 0 Å². The molecule has 0 aliphatic heterocycles. The van der Waals surface area contributed by atoms with Gasteiger partial charge in [0.25, 0.3) is 0 Å². The number of ether oxygens (including phenoxy) is 4. The average molecular weight is 1450 g/mol. The molecule has 0 bridgehead atoms. The zero-order chi connectivity index (χ0) is 73.2. The minimum atomic E-state index is -4.98. The Hall–Kier alpha value is -4.02. The lowest BCUT2D eigenvalue weighted by atomic mass is 10.1. The van der Waals surface area contributed by atoms with Gasteiger partial charge >= 0.3 is 39.5 Å². The Morgan fingerprint density at radius 2 is 0.520 bits per heavy atom. The summed E-state index contributed by atoms with van der Waals surface area (Å²) in [4.78, 5) is 72.9. The number of allylic oxidation sites excluding steroid dienone is 16. The summed E-state index contributed by atoms with van der Waals surface area (Å²) in [5.41, 5.74) is 0. The van der Waals surface area contributed by atoms with E-state index < -0.39 is 97.5 Å². The number of unbranched alkanes of at least 4 members (excludes halogenated alkanes) is 32. The van der Waals surface area contributed by atoms with Gasteiger partial charge in [-0.3, -0.25) is 37.3 Å². The number of hydrogen-bond donors (Lipinski definition) is 3. The molecule has 17 nitrogen and oxygen atoms in total. The molecule has 5 unspecified atom stereocenters. The molecule has 0 aliphatic carbocycles. The van der Waals surface area contributed by atoms with Crippen LogP contribution in [0.3, 0.4) is 0 Å². The third-order valence-electron chi connectivity index (χ3n) is 16.5. The minimum Gasteiger partial charge on any atom is -0.462 e. The predicted octanol–water partition coefficient (Wildman–Crippen LogP) is 22.8. The van der Waals surface area contributed by atoms with Gasteiger partial charge in [0.1, 0.15) is 19.3 Å². The molecule has 3 N–H and O–H groups in total. The number of aliphatic hydroxyl groups excluding tert-OH is 1. The lowest BCUT2D eigenvalue weighted by Gasteiger charge is -2.21. The fraction of sp³-hybridized carbons (Fsp3) is 0.753. The van der Waals surface area contributed by atoms with Gasteiger partial charge < -0.3 is 33.8 Å². The van der Waals surface area contributed by atoms with Crippen molar-refractivity contribution in [2.75, 3.05) is 39.6 Å². The molecule has 0 radical (unpaired) electrons. The van der Waals surface area contributed by atoms with Gasteiger partial charge in [0.2, 0.25) is 0 Å². The first kappa shape index (κ1) is 96.0. The fourth-order valence-corrected chi connectivity index (χ4v) is 12.0. The summed E-state index contributed by atoms with van der Waals surface area (Å²) >= 11 is 0. The largest absolute Gasteiger partial charge is 0.472 e. The molecular weight excluding hydrogens is 1310 g/mol. The topological polar surface area (TPSA) is 237 Å². The zero-order valence-corrected chi connectivity index (χ0v) is 64.9. The van der Waals surface area contributed by atoms with Crippen molar-refractivity contribution in [3.63, 3.8) is 0 Å². The summed E-state index contributed by atoms with van der Waals surface area (Å²) in [6.45, 7) is 4.68. The normalized spacial score (nSPS) is 14.4. The first-order valence-electron chi connectivity index (χ1n) is 39.5. The van der Waals surface area contributed by atoms with Crippen molar-refractivity contribution < 1.29 is 80.2 Å². The van der Waals surface area contributed by atoms with Crippen molar-refractivity contribution in [2.45, 2.75) is 354 Å². The van der Waals surface area contributed by atoms with E-state index in [-0.39, 0.29) is 25.7 Å². The SMILES string of the molecule is CC/C=C\C/C=C\C/C=C\CCCCCCCC(=O)OC(COC(=O)CCCCCCCC/C=C\C/C=C\C/C=C\CCCCC)COP(=O)(O)OCC(O)COP(=O)(O)OCC(COC(=O)CCCCCCC/C=C\CCCCCC)OC(=O)CCCCCCC/C=C\CCCCCC. The van der Waals surface area contributed by atoms with Crippen molar-refractivity contribution in [3.8, 4) is 0 Å². The third kappa shape index (κ3) is 72.3. The molecule has 0 saturated carbocycles. The molecule has 5 atom stereocenters. The molecule has 100 heavy (non-hydrogen) atoms. The molecule has 578 valence electrons. The number of phosphoric ester groups is 2. The van der Waals surface area contributed by atoms with Gasteiger partial charge in [-0.1, -0.05) is 260 Å². The van der Waals surface area contributed by atoms with E-state index in [1.807, 2.05) is 0 Å². The molecule has 0 rings (SSSR count). The molecule has 0 saturated heterocycles. The summed E-state index contributed by atoms with van der Waals surface area (Å²) in [6, 6.07) is 0. The van der Waals surface area contributed by atoms with E-state index in [4.69, 9.17) is 37.0 Å². The number of carbonyl (C=O) groups excluding carboxylic acids is 4. The Kier molecular flexibility index (Phi) is 70.4. The number of carbonyl (C=O) groups is 4. The first-order chi connectivity index (χ1) is 48.7. The average Bonchev–Trinajstić information content (AvgIpc) is 0.946. The van der Waals surface area contributed by atoms with Gasteiger partial charge in [-0.2, -0.15) is 0 Å². The highest BCUT2D eigenvalue weighted by Gasteiger charge is 2.30. The molecule has 0 aromatic heterocycles. The summed E-state index contributed by atoms with van der Waals surface area (Å²) < 4.78 is 68.5. The number of aliphatic hydroxyl groups is 1. The van der Waals surface area contributed by atoms with Crippen molar-refractivity contribution in [1.29, 1.82) is 0 Å². The monoisotopic (exact) mass is 1450 g/mol. The van der Waals surface area contributed by atoms with E-state index in [2.05, 4.69) is 125 Å². The second kappa shape index (κ2) is 73.3. The van der Waals surface area contributed by atoms with Crippen molar-refractivity contribution in [1.82, 2.24) is 0 Å². The Labute approximate surface area is 607 Å². The van der Waals surface area contributed by atoms with Crippen LogP contribution in [0.4, 0.5) is 0 Å². The van der Waals surface area contributed by atoms with Crippen LogP contribution in [-0.4, -0.2) is 96.7 Å². The van der Waals surface area contributed by atoms with E-state index in [1.54, 1.807) is 0 Å². The van der Waals surface area contributed by atoms with Crippen molar-refractivity contribution >= 4 is 39.5 Å². The maximum atomic E-state index is 13.1. The molecule has 0 aromatic carbocycles. The summed E-state index contributed by atoms with van der Waals surface area (Å²) in [5, 5.41) is 10.6. The summed E-state index contributed by atoms with van der Waals surface area (Å²) in [7, 11) is -9.96. The maximum absolute atomic E-state index is 13.1.